The number of nitriles is 1. The summed E-state index contributed by atoms with van der Waals surface area (Å²) in [4.78, 5) is 0. The van der Waals surface area contributed by atoms with Gasteiger partial charge in [-0.2, -0.15) is 5.26 Å². The third-order valence-electron chi connectivity index (χ3n) is 2.82. The van der Waals surface area contributed by atoms with Gasteiger partial charge in [0.05, 0.1) is 6.07 Å². The van der Waals surface area contributed by atoms with E-state index in [9.17, 15) is 5.11 Å². The highest BCUT2D eigenvalue weighted by Crippen LogP contribution is 2.38. The molecule has 2 atom stereocenters. The molecular formula is C10H18N2O. The molecule has 1 aliphatic heterocycles. The molecule has 0 aromatic carbocycles. The number of aliphatic hydroxyl groups is 1. The van der Waals surface area contributed by atoms with Crippen molar-refractivity contribution < 1.29 is 5.11 Å². The number of hydrogen-bond acceptors (Lipinski definition) is 3. The van der Waals surface area contributed by atoms with Crippen LogP contribution in [0.25, 0.3) is 0 Å². The molecule has 1 rings (SSSR count). The molecule has 0 radical (unpaired) electrons. The van der Waals surface area contributed by atoms with Gasteiger partial charge in [-0.3, -0.25) is 0 Å². The lowest BCUT2D eigenvalue weighted by Crippen LogP contribution is -2.55. The molecule has 0 aliphatic carbocycles. The molecule has 2 unspecified atom stereocenters. The third-order valence-corrected chi connectivity index (χ3v) is 2.82. The maximum atomic E-state index is 10.1. The Hall–Kier alpha value is -0.590. The van der Waals surface area contributed by atoms with Crippen LogP contribution in [-0.4, -0.2) is 23.8 Å². The molecule has 3 heteroatoms. The van der Waals surface area contributed by atoms with Gasteiger partial charge < -0.3 is 10.4 Å². The lowest BCUT2D eigenvalue weighted by molar-refractivity contribution is -0.0355. The van der Waals surface area contributed by atoms with Crippen LogP contribution in [0.4, 0.5) is 0 Å². The summed E-state index contributed by atoms with van der Waals surface area (Å²) in [7, 11) is 0. The van der Waals surface area contributed by atoms with Crippen molar-refractivity contribution in [2.75, 3.05) is 13.1 Å². The normalized spacial score (nSPS) is 35.5. The summed E-state index contributed by atoms with van der Waals surface area (Å²) in [6, 6.07) is 2.03. The maximum Gasteiger partial charge on any atom is 0.166 e. The third kappa shape index (κ3) is 2.01. The van der Waals surface area contributed by atoms with Gasteiger partial charge in [-0.15, -0.1) is 0 Å². The van der Waals surface area contributed by atoms with E-state index in [1.807, 2.05) is 6.07 Å². The molecule has 13 heavy (non-hydrogen) atoms. The van der Waals surface area contributed by atoms with Crippen LogP contribution in [0.15, 0.2) is 0 Å². The first kappa shape index (κ1) is 10.5. The Balaban J connectivity index is 2.87. The fourth-order valence-electron chi connectivity index (χ4n) is 2.15. The maximum absolute atomic E-state index is 10.1. The van der Waals surface area contributed by atoms with Crippen molar-refractivity contribution in [2.24, 2.45) is 11.3 Å². The Morgan fingerprint density at radius 3 is 2.54 bits per heavy atom. The predicted octanol–water partition coefficient (Wildman–Crippen LogP) is 0.897. The Morgan fingerprint density at radius 2 is 2.15 bits per heavy atom. The quantitative estimate of drug-likeness (QED) is 0.547. The number of piperidine rings is 1. The second-order valence-corrected chi connectivity index (χ2v) is 4.92. The Kier molecular flexibility index (Phi) is 2.65. The summed E-state index contributed by atoms with van der Waals surface area (Å²) in [5.74, 6) is 0.0613. The van der Waals surface area contributed by atoms with Crippen LogP contribution in [0.5, 0.6) is 0 Å². The highest BCUT2D eigenvalue weighted by atomic mass is 16.3. The summed E-state index contributed by atoms with van der Waals surface area (Å²) in [6.45, 7) is 7.51. The summed E-state index contributed by atoms with van der Waals surface area (Å²) in [5.41, 5.74) is -1.19. The second kappa shape index (κ2) is 3.28. The molecule has 0 amide bonds. The topological polar surface area (TPSA) is 56.0 Å². The molecule has 3 nitrogen and oxygen atoms in total. The van der Waals surface area contributed by atoms with Gasteiger partial charge in [-0.25, -0.2) is 0 Å². The largest absolute Gasteiger partial charge is 0.374 e. The molecule has 1 heterocycles. The molecule has 0 bridgehead atoms. The molecule has 1 fully saturated rings. The van der Waals surface area contributed by atoms with Gasteiger partial charge in [0.1, 0.15) is 0 Å². The number of nitrogens with zero attached hydrogens (tertiary/aromatic N) is 1. The summed E-state index contributed by atoms with van der Waals surface area (Å²) in [6.07, 6.45) is 0.869. The first-order chi connectivity index (χ1) is 5.90. The van der Waals surface area contributed by atoms with E-state index in [-0.39, 0.29) is 11.3 Å². The molecule has 2 N–H and O–H groups in total. The van der Waals surface area contributed by atoms with Gasteiger partial charge in [-0.05, 0) is 18.4 Å². The van der Waals surface area contributed by atoms with Crippen LogP contribution in [0.2, 0.25) is 0 Å². The fraction of sp³-hybridized carbons (Fsp3) is 0.900. The van der Waals surface area contributed by atoms with Gasteiger partial charge >= 0.3 is 0 Å². The van der Waals surface area contributed by atoms with Crippen molar-refractivity contribution in [2.45, 2.75) is 32.8 Å². The highest BCUT2D eigenvalue weighted by Gasteiger charge is 2.45. The zero-order valence-corrected chi connectivity index (χ0v) is 8.59. The van der Waals surface area contributed by atoms with E-state index in [1.54, 1.807) is 0 Å². The molecule has 74 valence electrons. The Labute approximate surface area is 79.8 Å². The predicted molar refractivity (Wildman–Crippen MR) is 51.0 cm³/mol. The van der Waals surface area contributed by atoms with E-state index < -0.39 is 5.60 Å². The number of rotatable bonds is 0. The molecule has 1 aliphatic rings. The Morgan fingerprint density at radius 1 is 1.54 bits per heavy atom. The van der Waals surface area contributed by atoms with Gasteiger partial charge in [0.25, 0.3) is 0 Å². The van der Waals surface area contributed by atoms with E-state index in [2.05, 4.69) is 26.1 Å². The van der Waals surface area contributed by atoms with Crippen LogP contribution in [0.3, 0.4) is 0 Å². The average Bonchev–Trinajstić information content (AvgIpc) is 2.03. The van der Waals surface area contributed by atoms with Crippen LogP contribution in [0, 0.1) is 22.7 Å². The SMILES string of the molecule is CC(C)(C)C1CCNCC1(O)C#N. The lowest BCUT2D eigenvalue weighted by atomic mass is 9.68. The number of nitrogens with one attached hydrogen (secondary N) is 1. The molecule has 0 aromatic heterocycles. The number of β-amino-alcohol motifs (C(OH)–C–C–N with tert-alkyl or cyclic N) is 1. The van der Waals surface area contributed by atoms with Crippen molar-refractivity contribution in [3.8, 4) is 6.07 Å². The summed E-state index contributed by atoms with van der Waals surface area (Å²) < 4.78 is 0. The number of hydrogen-bond donors (Lipinski definition) is 2. The molecule has 1 saturated heterocycles. The van der Waals surface area contributed by atoms with Gasteiger partial charge in [0.15, 0.2) is 5.60 Å². The Bertz CT molecular complexity index is 226. The zero-order chi connectivity index (χ0) is 10.1. The molecule has 0 aromatic rings. The van der Waals surface area contributed by atoms with E-state index in [4.69, 9.17) is 5.26 Å². The van der Waals surface area contributed by atoms with E-state index >= 15 is 0 Å². The van der Waals surface area contributed by atoms with Crippen molar-refractivity contribution in [1.82, 2.24) is 5.32 Å². The van der Waals surface area contributed by atoms with E-state index in [0.29, 0.717) is 6.54 Å². The van der Waals surface area contributed by atoms with Crippen molar-refractivity contribution in [1.29, 1.82) is 5.26 Å². The van der Waals surface area contributed by atoms with Crippen molar-refractivity contribution >= 4 is 0 Å². The average molecular weight is 182 g/mol. The summed E-state index contributed by atoms with van der Waals surface area (Å²) >= 11 is 0. The minimum atomic E-state index is -1.18. The monoisotopic (exact) mass is 182 g/mol. The lowest BCUT2D eigenvalue weighted by Gasteiger charge is -2.42. The summed E-state index contributed by atoms with van der Waals surface area (Å²) in [5, 5.41) is 22.1. The highest BCUT2D eigenvalue weighted by molar-refractivity contribution is 5.10. The van der Waals surface area contributed by atoms with Crippen molar-refractivity contribution in [3.05, 3.63) is 0 Å². The van der Waals surface area contributed by atoms with E-state index in [1.165, 1.54) is 0 Å². The standard InChI is InChI=1S/C10H18N2O/c1-9(2,3)8-4-5-12-7-10(8,13)6-11/h8,12-13H,4-5,7H2,1-3H3. The fourth-order valence-corrected chi connectivity index (χ4v) is 2.15. The van der Waals surface area contributed by atoms with Crippen molar-refractivity contribution in [3.63, 3.8) is 0 Å². The molecule has 0 spiro atoms. The first-order valence-corrected chi connectivity index (χ1v) is 4.74. The van der Waals surface area contributed by atoms with E-state index in [0.717, 1.165) is 13.0 Å². The smallest absolute Gasteiger partial charge is 0.166 e. The van der Waals surface area contributed by atoms with Gasteiger partial charge in [0, 0.05) is 12.5 Å². The molecular weight excluding hydrogens is 164 g/mol. The minimum absolute atomic E-state index is 0.00736. The van der Waals surface area contributed by atoms with Gasteiger partial charge in [0.2, 0.25) is 0 Å². The van der Waals surface area contributed by atoms with Crippen LogP contribution in [-0.2, 0) is 0 Å². The van der Waals surface area contributed by atoms with Crippen LogP contribution in [0.1, 0.15) is 27.2 Å². The zero-order valence-electron chi connectivity index (χ0n) is 8.59. The first-order valence-electron chi connectivity index (χ1n) is 4.74. The van der Waals surface area contributed by atoms with Gasteiger partial charge in [-0.1, -0.05) is 20.8 Å². The molecule has 0 saturated carbocycles. The second-order valence-electron chi connectivity index (χ2n) is 4.92. The van der Waals surface area contributed by atoms with Crippen LogP contribution < -0.4 is 5.32 Å². The van der Waals surface area contributed by atoms with Crippen LogP contribution >= 0.6 is 0 Å². The minimum Gasteiger partial charge on any atom is -0.374 e.